The number of rotatable bonds is 1. The maximum Gasteiger partial charge on any atom is 0.273 e. The van der Waals surface area contributed by atoms with Crippen molar-refractivity contribution in [2.24, 2.45) is 9.98 Å². The van der Waals surface area contributed by atoms with Gasteiger partial charge in [0.25, 0.3) is 5.91 Å². The highest BCUT2D eigenvalue weighted by molar-refractivity contribution is 6.44. The van der Waals surface area contributed by atoms with E-state index in [0.717, 1.165) is 0 Å². The maximum atomic E-state index is 11.4. The molecule has 2 rings (SSSR count). The summed E-state index contributed by atoms with van der Waals surface area (Å²) < 4.78 is 0. The predicted molar refractivity (Wildman–Crippen MR) is 49.8 cm³/mol. The molecular formula is C8H8N4O2. The van der Waals surface area contributed by atoms with Crippen LogP contribution >= 0.6 is 0 Å². The third kappa shape index (κ3) is 1.41. The number of hydrogen-bond donors (Lipinski definition) is 2. The van der Waals surface area contributed by atoms with Gasteiger partial charge in [0.1, 0.15) is 23.9 Å². The molecule has 2 amide bonds. The van der Waals surface area contributed by atoms with Crippen molar-refractivity contribution in [3.8, 4) is 0 Å². The SMILES string of the molecule is CC(=O)NC1=CC2N=CN=C2C(=O)N1. The molecule has 2 aliphatic rings. The zero-order chi connectivity index (χ0) is 10.1. The van der Waals surface area contributed by atoms with Crippen molar-refractivity contribution in [1.29, 1.82) is 0 Å². The van der Waals surface area contributed by atoms with E-state index >= 15 is 0 Å². The lowest BCUT2D eigenvalue weighted by atomic mass is 10.1. The Bertz CT molecular complexity index is 394. The first-order chi connectivity index (χ1) is 6.66. The molecule has 2 aliphatic heterocycles. The van der Waals surface area contributed by atoms with Crippen molar-refractivity contribution in [3.05, 3.63) is 11.9 Å². The molecule has 0 aromatic rings. The zero-order valence-electron chi connectivity index (χ0n) is 7.44. The van der Waals surface area contributed by atoms with E-state index in [1.807, 2.05) is 0 Å². The molecule has 2 heterocycles. The van der Waals surface area contributed by atoms with Gasteiger partial charge in [-0.1, -0.05) is 0 Å². The van der Waals surface area contributed by atoms with Crippen molar-refractivity contribution >= 4 is 23.9 Å². The van der Waals surface area contributed by atoms with Crippen LogP contribution in [0, 0.1) is 0 Å². The average Bonchev–Trinajstić information content (AvgIpc) is 2.50. The van der Waals surface area contributed by atoms with E-state index in [9.17, 15) is 9.59 Å². The number of amides is 2. The fourth-order valence-corrected chi connectivity index (χ4v) is 1.28. The Morgan fingerprint density at radius 3 is 3.14 bits per heavy atom. The van der Waals surface area contributed by atoms with Gasteiger partial charge >= 0.3 is 0 Å². The van der Waals surface area contributed by atoms with E-state index < -0.39 is 0 Å². The molecule has 0 radical (unpaired) electrons. The summed E-state index contributed by atoms with van der Waals surface area (Å²) in [5.74, 6) is -0.192. The molecule has 0 saturated carbocycles. The molecule has 72 valence electrons. The summed E-state index contributed by atoms with van der Waals surface area (Å²) in [5.41, 5.74) is 0.360. The third-order valence-electron chi connectivity index (χ3n) is 1.82. The van der Waals surface area contributed by atoms with Crippen LogP contribution in [0.3, 0.4) is 0 Å². The Morgan fingerprint density at radius 2 is 2.43 bits per heavy atom. The minimum atomic E-state index is -0.356. The van der Waals surface area contributed by atoms with Gasteiger partial charge in [0.2, 0.25) is 5.91 Å². The summed E-state index contributed by atoms with van der Waals surface area (Å²) in [6.07, 6.45) is 2.98. The number of nitrogens with one attached hydrogen (secondary N) is 2. The Balaban J connectivity index is 2.22. The number of carbonyl (C=O) groups excluding carboxylic acids is 2. The monoisotopic (exact) mass is 192 g/mol. The molecule has 0 aromatic carbocycles. The Labute approximate surface area is 79.8 Å². The molecule has 0 spiro atoms. The van der Waals surface area contributed by atoms with Gasteiger partial charge in [-0.15, -0.1) is 0 Å². The van der Waals surface area contributed by atoms with Gasteiger partial charge in [-0.2, -0.15) is 0 Å². The molecule has 6 heteroatoms. The molecule has 0 aliphatic carbocycles. The zero-order valence-corrected chi connectivity index (χ0v) is 7.44. The maximum absolute atomic E-state index is 11.4. The van der Waals surface area contributed by atoms with Gasteiger partial charge in [-0.05, 0) is 6.08 Å². The summed E-state index contributed by atoms with van der Waals surface area (Å²) in [4.78, 5) is 29.8. The van der Waals surface area contributed by atoms with Crippen LogP contribution in [0.2, 0.25) is 0 Å². The Hall–Kier alpha value is -1.98. The van der Waals surface area contributed by atoms with Crippen LogP contribution in [0.15, 0.2) is 21.9 Å². The number of fused-ring (bicyclic) bond motifs is 1. The lowest BCUT2D eigenvalue weighted by molar-refractivity contribution is -0.118. The molecule has 2 N–H and O–H groups in total. The molecular weight excluding hydrogens is 184 g/mol. The highest BCUT2D eigenvalue weighted by Gasteiger charge is 2.28. The smallest absolute Gasteiger partial charge is 0.273 e. The van der Waals surface area contributed by atoms with Gasteiger partial charge in [-0.3, -0.25) is 14.6 Å². The third-order valence-corrected chi connectivity index (χ3v) is 1.82. The summed E-state index contributed by atoms with van der Waals surface area (Å²) in [7, 11) is 0. The van der Waals surface area contributed by atoms with Gasteiger partial charge in [0, 0.05) is 6.92 Å². The van der Waals surface area contributed by atoms with Crippen LogP contribution in [0.4, 0.5) is 0 Å². The first-order valence-corrected chi connectivity index (χ1v) is 4.07. The Kier molecular flexibility index (Phi) is 1.88. The van der Waals surface area contributed by atoms with E-state index in [4.69, 9.17) is 0 Å². The van der Waals surface area contributed by atoms with Crippen molar-refractivity contribution in [2.45, 2.75) is 13.0 Å². The van der Waals surface area contributed by atoms with E-state index in [1.165, 1.54) is 13.3 Å². The molecule has 1 unspecified atom stereocenters. The second-order valence-electron chi connectivity index (χ2n) is 2.94. The van der Waals surface area contributed by atoms with Crippen LogP contribution in [0.5, 0.6) is 0 Å². The van der Waals surface area contributed by atoms with Crippen molar-refractivity contribution in [3.63, 3.8) is 0 Å². The van der Waals surface area contributed by atoms with Crippen LogP contribution in [-0.2, 0) is 9.59 Å². The lowest BCUT2D eigenvalue weighted by Gasteiger charge is -2.17. The summed E-state index contributed by atoms with van der Waals surface area (Å²) in [6, 6.07) is -0.356. The van der Waals surface area contributed by atoms with E-state index in [1.54, 1.807) is 6.08 Å². The molecule has 0 saturated heterocycles. The van der Waals surface area contributed by atoms with Gasteiger partial charge in [0.15, 0.2) is 0 Å². The predicted octanol–water partition coefficient (Wildman–Crippen LogP) is -1.05. The molecule has 0 fully saturated rings. The normalized spacial score (nSPS) is 23.5. The highest BCUT2D eigenvalue weighted by Crippen LogP contribution is 2.09. The minimum Gasteiger partial charge on any atom is -0.313 e. The number of carbonyl (C=O) groups is 2. The number of hydrogen-bond acceptors (Lipinski definition) is 4. The van der Waals surface area contributed by atoms with Crippen LogP contribution in [-0.4, -0.2) is 29.9 Å². The van der Waals surface area contributed by atoms with Crippen LogP contribution in [0.1, 0.15) is 6.92 Å². The second-order valence-corrected chi connectivity index (χ2v) is 2.94. The minimum absolute atomic E-state index is 0.237. The Morgan fingerprint density at radius 1 is 1.64 bits per heavy atom. The number of nitrogens with zero attached hydrogens (tertiary/aromatic N) is 2. The highest BCUT2D eigenvalue weighted by atomic mass is 16.2. The fourth-order valence-electron chi connectivity index (χ4n) is 1.28. The van der Waals surface area contributed by atoms with Crippen LogP contribution in [0.25, 0.3) is 0 Å². The largest absolute Gasteiger partial charge is 0.313 e. The first kappa shape index (κ1) is 8.61. The van der Waals surface area contributed by atoms with Gasteiger partial charge in [-0.25, -0.2) is 4.99 Å². The van der Waals surface area contributed by atoms with E-state index in [2.05, 4.69) is 20.6 Å². The quantitative estimate of drug-likeness (QED) is 0.555. The van der Waals surface area contributed by atoms with Crippen molar-refractivity contribution in [2.75, 3.05) is 0 Å². The van der Waals surface area contributed by atoms with Gasteiger partial charge < -0.3 is 10.6 Å². The topological polar surface area (TPSA) is 82.9 Å². The van der Waals surface area contributed by atoms with E-state index in [0.29, 0.717) is 11.5 Å². The molecule has 0 bridgehead atoms. The van der Waals surface area contributed by atoms with Crippen molar-refractivity contribution in [1.82, 2.24) is 10.6 Å². The molecule has 14 heavy (non-hydrogen) atoms. The summed E-state index contributed by atoms with van der Waals surface area (Å²) >= 11 is 0. The first-order valence-electron chi connectivity index (χ1n) is 4.07. The van der Waals surface area contributed by atoms with Crippen molar-refractivity contribution < 1.29 is 9.59 Å². The standard InChI is InChI=1S/C8H8N4O2/c1-4(13)11-6-2-5-7(8(14)12-6)10-3-9-5/h2-3,5H,1H3,(H,11,13)(H,12,14). The lowest BCUT2D eigenvalue weighted by Crippen LogP contribution is -2.45. The number of aliphatic imine (C=N–C) groups is 2. The van der Waals surface area contributed by atoms with Crippen LogP contribution < -0.4 is 10.6 Å². The second kappa shape index (κ2) is 3.06. The summed E-state index contributed by atoms with van der Waals surface area (Å²) in [5, 5.41) is 4.98. The molecule has 6 nitrogen and oxygen atoms in total. The van der Waals surface area contributed by atoms with E-state index in [-0.39, 0.29) is 17.9 Å². The van der Waals surface area contributed by atoms with Gasteiger partial charge in [0.05, 0.1) is 0 Å². The fraction of sp³-hybridized carbons (Fsp3) is 0.250. The molecule has 0 aromatic heterocycles. The average molecular weight is 192 g/mol. The summed E-state index contributed by atoms with van der Waals surface area (Å²) in [6.45, 7) is 1.37. The molecule has 1 atom stereocenters.